The number of hydrogen-bond acceptors (Lipinski definition) is 6. The van der Waals surface area contributed by atoms with Gasteiger partial charge in [0.25, 0.3) is 10.8 Å². The molecule has 190 valence electrons. The SMILES string of the molecule is COc1c(C=Cc2ccc(NS(C)(=O)=O)cc2C(=O)Cl)cc(-n2ccc(=O)[nH]c2=O)cc1C(C)(C)C. The molecule has 0 bridgehead atoms. The molecule has 0 saturated heterocycles. The van der Waals surface area contributed by atoms with Crippen molar-refractivity contribution in [1.82, 2.24) is 9.55 Å². The maximum absolute atomic E-state index is 12.5. The third-order valence-corrected chi connectivity index (χ3v) is 6.04. The van der Waals surface area contributed by atoms with Crippen molar-refractivity contribution in [2.45, 2.75) is 26.2 Å². The van der Waals surface area contributed by atoms with Crippen molar-refractivity contribution in [3.8, 4) is 11.4 Å². The molecule has 11 heteroatoms. The highest BCUT2D eigenvalue weighted by Gasteiger charge is 2.23. The Morgan fingerprint density at radius 1 is 1.08 bits per heavy atom. The second-order valence-electron chi connectivity index (χ2n) is 9.13. The number of carbonyl (C=O) groups excluding carboxylic acids is 1. The molecule has 0 amide bonds. The van der Waals surface area contributed by atoms with Crippen LogP contribution in [0.3, 0.4) is 0 Å². The van der Waals surface area contributed by atoms with Crippen LogP contribution in [0.5, 0.6) is 5.75 Å². The summed E-state index contributed by atoms with van der Waals surface area (Å²) in [5, 5.41) is -0.761. The predicted octanol–water partition coefficient (Wildman–Crippen LogP) is 3.75. The van der Waals surface area contributed by atoms with E-state index in [9.17, 15) is 22.8 Å². The average molecular weight is 532 g/mol. The fourth-order valence-corrected chi connectivity index (χ4v) is 4.35. The number of nitrogens with one attached hydrogen (secondary N) is 2. The molecule has 1 aromatic heterocycles. The first kappa shape index (κ1) is 27.0. The van der Waals surface area contributed by atoms with Gasteiger partial charge in [0, 0.05) is 34.6 Å². The standard InChI is InChI=1S/C25H26ClN3O6S/c1-25(2,3)20-14-18(29-11-10-21(30)27-24(29)32)12-16(22(20)35-4)7-6-15-8-9-17(28-36(5,33)34)13-19(15)23(26)31/h6-14,28H,1-5H3,(H,27,30,32). The highest BCUT2D eigenvalue weighted by molar-refractivity contribution is 7.92. The summed E-state index contributed by atoms with van der Waals surface area (Å²) < 4.78 is 32.4. The first-order chi connectivity index (χ1) is 16.7. The van der Waals surface area contributed by atoms with E-state index in [1.54, 1.807) is 24.3 Å². The molecule has 0 aliphatic heterocycles. The van der Waals surface area contributed by atoms with Gasteiger partial charge >= 0.3 is 5.69 Å². The molecule has 0 unspecified atom stereocenters. The molecule has 9 nitrogen and oxygen atoms in total. The largest absolute Gasteiger partial charge is 0.496 e. The molecular formula is C25H26ClN3O6S. The van der Waals surface area contributed by atoms with Gasteiger partial charge in [-0.1, -0.05) is 39.0 Å². The van der Waals surface area contributed by atoms with Crippen molar-refractivity contribution < 1.29 is 17.9 Å². The van der Waals surface area contributed by atoms with Gasteiger partial charge in [0.2, 0.25) is 10.0 Å². The van der Waals surface area contributed by atoms with E-state index in [1.165, 1.54) is 36.1 Å². The molecule has 0 fully saturated rings. The molecule has 0 spiro atoms. The molecule has 36 heavy (non-hydrogen) atoms. The van der Waals surface area contributed by atoms with Gasteiger partial charge in [0.05, 0.1) is 19.1 Å². The number of methoxy groups -OCH3 is 1. The number of halogens is 1. The summed E-state index contributed by atoms with van der Waals surface area (Å²) in [6, 6.07) is 9.21. The molecule has 0 aliphatic carbocycles. The molecule has 2 N–H and O–H groups in total. The van der Waals surface area contributed by atoms with Crippen molar-refractivity contribution in [2.75, 3.05) is 18.1 Å². The summed E-state index contributed by atoms with van der Waals surface area (Å²) in [5.74, 6) is 0.564. The Morgan fingerprint density at radius 2 is 1.75 bits per heavy atom. The Kier molecular flexibility index (Phi) is 7.61. The maximum Gasteiger partial charge on any atom is 0.332 e. The number of carbonyl (C=O) groups is 1. The van der Waals surface area contributed by atoms with Crippen molar-refractivity contribution in [2.24, 2.45) is 0 Å². The van der Waals surface area contributed by atoms with Gasteiger partial charge in [-0.3, -0.25) is 23.9 Å². The average Bonchev–Trinajstić information content (AvgIpc) is 2.75. The number of nitrogens with zero attached hydrogens (tertiary/aromatic N) is 1. The van der Waals surface area contributed by atoms with Gasteiger partial charge in [0.15, 0.2) is 0 Å². The smallest absolute Gasteiger partial charge is 0.332 e. The van der Waals surface area contributed by atoms with Crippen LogP contribution in [-0.2, 0) is 15.4 Å². The minimum Gasteiger partial charge on any atom is -0.496 e. The third-order valence-electron chi connectivity index (χ3n) is 5.23. The summed E-state index contributed by atoms with van der Waals surface area (Å²) in [4.78, 5) is 38.3. The Labute approximate surface area is 213 Å². The Balaban J connectivity index is 2.20. The highest BCUT2D eigenvalue weighted by atomic mass is 35.5. The van der Waals surface area contributed by atoms with Gasteiger partial charge < -0.3 is 4.74 Å². The maximum atomic E-state index is 12.5. The lowest BCUT2D eigenvalue weighted by Crippen LogP contribution is -2.28. The molecule has 0 aliphatic rings. The van der Waals surface area contributed by atoms with Gasteiger partial charge in [-0.05, 0) is 46.8 Å². The van der Waals surface area contributed by atoms with Crippen molar-refractivity contribution in [3.63, 3.8) is 0 Å². The van der Waals surface area contributed by atoms with Gasteiger partial charge in [-0.15, -0.1) is 0 Å². The number of sulfonamides is 1. The molecule has 3 rings (SSSR count). The number of H-pyrrole nitrogens is 1. The Bertz CT molecular complexity index is 1580. The van der Waals surface area contributed by atoms with Gasteiger partial charge in [0.1, 0.15) is 5.75 Å². The number of anilines is 1. The fourth-order valence-electron chi connectivity index (χ4n) is 3.63. The number of benzene rings is 2. The van der Waals surface area contributed by atoms with Crippen LogP contribution in [-0.4, -0.2) is 36.6 Å². The Morgan fingerprint density at radius 3 is 2.31 bits per heavy atom. The van der Waals surface area contributed by atoms with Crippen LogP contribution in [0.15, 0.2) is 52.2 Å². The number of hydrogen-bond donors (Lipinski definition) is 2. The van der Waals surface area contributed by atoms with Crippen molar-refractivity contribution >= 4 is 44.7 Å². The highest BCUT2D eigenvalue weighted by Crippen LogP contribution is 2.37. The van der Waals surface area contributed by atoms with E-state index in [1.807, 2.05) is 26.8 Å². The van der Waals surface area contributed by atoms with Crippen LogP contribution in [0, 0.1) is 0 Å². The Hall–Kier alpha value is -3.63. The summed E-state index contributed by atoms with van der Waals surface area (Å²) in [6.45, 7) is 5.99. The first-order valence-electron chi connectivity index (χ1n) is 10.7. The second kappa shape index (κ2) is 10.2. The lowest BCUT2D eigenvalue weighted by molar-refractivity contribution is 0.108. The molecule has 0 radical (unpaired) electrons. The quantitative estimate of drug-likeness (QED) is 0.353. The van der Waals surface area contributed by atoms with Crippen LogP contribution >= 0.6 is 11.6 Å². The van der Waals surface area contributed by atoms with E-state index >= 15 is 0 Å². The predicted molar refractivity (Wildman–Crippen MR) is 142 cm³/mol. The number of aromatic nitrogens is 2. The molecule has 0 saturated carbocycles. The summed E-state index contributed by atoms with van der Waals surface area (Å²) in [6.07, 6.45) is 5.74. The fraction of sp³-hybridized carbons (Fsp3) is 0.240. The van der Waals surface area contributed by atoms with E-state index in [-0.39, 0.29) is 16.7 Å². The van der Waals surface area contributed by atoms with Crippen LogP contribution in [0.4, 0.5) is 5.69 Å². The molecule has 1 heterocycles. The summed E-state index contributed by atoms with van der Waals surface area (Å²) in [5.41, 5.74) is 1.19. The van der Waals surface area contributed by atoms with Crippen LogP contribution in [0.1, 0.15) is 47.8 Å². The summed E-state index contributed by atoms with van der Waals surface area (Å²) >= 11 is 5.77. The topological polar surface area (TPSA) is 127 Å². The van der Waals surface area contributed by atoms with Crippen LogP contribution in [0.25, 0.3) is 17.8 Å². The van der Waals surface area contributed by atoms with Gasteiger partial charge in [-0.2, -0.15) is 0 Å². The lowest BCUT2D eigenvalue weighted by atomic mass is 9.84. The third kappa shape index (κ3) is 6.32. The molecule has 0 atom stereocenters. The van der Waals surface area contributed by atoms with E-state index in [2.05, 4.69) is 9.71 Å². The van der Waals surface area contributed by atoms with Crippen molar-refractivity contribution in [3.05, 3.63) is 85.7 Å². The zero-order valence-electron chi connectivity index (χ0n) is 20.4. The molecule has 3 aromatic rings. The van der Waals surface area contributed by atoms with E-state index in [0.717, 1.165) is 11.8 Å². The monoisotopic (exact) mass is 531 g/mol. The minimum atomic E-state index is -3.54. The first-order valence-corrected chi connectivity index (χ1v) is 13.0. The van der Waals surface area contributed by atoms with Gasteiger partial charge in [-0.25, -0.2) is 13.2 Å². The number of aromatic amines is 1. The van der Waals surface area contributed by atoms with E-state index < -0.39 is 26.5 Å². The normalized spacial score (nSPS) is 12.1. The summed E-state index contributed by atoms with van der Waals surface area (Å²) in [7, 11) is -2.01. The van der Waals surface area contributed by atoms with E-state index in [4.69, 9.17) is 16.3 Å². The minimum absolute atomic E-state index is 0.101. The second-order valence-corrected chi connectivity index (χ2v) is 11.2. The number of ether oxygens (including phenoxy) is 1. The molecule has 2 aromatic carbocycles. The molecular weight excluding hydrogens is 506 g/mol. The van der Waals surface area contributed by atoms with Crippen molar-refractivity contribution in [1.29, 1.82) is 0 Å². The number of rotatable bonds is 7. The van der Waals surface area contributed by atoms with Crippen LogP contribution < -0.4 is 20.7 Å². The zero-order valence-corrected chi connectivity index (χ0v) is 22.0. The van der Waals surface area contributed by atoms with Crippen LogP contribution in [0.2, 0.25) is 0 Å². The lowest BCUT2D eigenvalue weighted by Gasteiger charge is -2.25. The van der Waals surface area contributed by atoms with E-state index in [0.29, 0.717) is 22.6 Å². The zero-order chi connectivity index (χ0) is 26.8.